The fourth-order valence-electron chi connectivity index (χ4n) is 7.88. The van der Waals surface area contributed by atoms with Crippen molar-refractivity contribution in [1.82, 2.24) is 9.78 Å². The van der Waals surface area contributed by atoms with Crippen molar-refractivity contribution in [2.24, 2.45) is 41.5 Å². The van der Waals surface area contributed by atoms with Crippen LogP contribution in [0.1, 0.15) is 76.5 Å². The van der Waals surface area contributed by atoms with Crippen molar-refractivity contribution in [2.75, 3.05) is 0 Å². The molecule has 4 aliphatic carbocycles. The number of ketones is 1. The lowest BCUT2D eigenvalue weighted by molar-refractivity contribution is -0.141. The fourth-order valence-corrected chi connectivity index (χ4v) is 7.88. The lowest BCUT2D eigenvalue weighted by Gasteiger charge is -2.59. The normalized spacial score (nSPS) is 45.8. The van der Waals surface area contributed by atoms with E-state index in [0.717, 1.165) is 54.9 Å². The molecule has 5 rings (SSSR count). The third-order valence-electron chi connectivity index (χ3n) is 9.88. The summed E-state index contributed by atoms with van der Waals surface area (Å²) in [6, 6.07) is 0. The van der Waals surface area contributed by atoms with E-state index >= 15 is 0 Å². The van der Waals surface area contributed by atoms with Gasteiger partial charge >= 0.3 is 0 Å². The van der Waals surface area contributed by atoms with Gasteiger partial charge in [0, 0.05) is 23.7 Å². The van der Waals surface area contributed by atoms with Crippen LogP contribution in [0.4, 0.5) is 0 Å². The molecule has 0 bridgehead atoms. The van der Waals surface area contributed by atoms with Crippen molar-refractivity contribution in [3.8, 4) is 0 Å². The van der Waals surface area contributed by atoms with Crippen LogP contribution in [0.3, 0.4) is 0 Å². The van der Waals surface area contributed by atoms with Gasteiger partial charge in [0.15, 0.2) is 5.78 Å². The number of fused-ring (bicyclic) bond motifs is 5. The number of carbonyl (C=O) groups is 1. The monoisotopic (exact) mass is 396 g/mol. The molecule has 1 heterocycles. The van der Waals surface area contributed by atoms with Gasteiger partial charge in [-0.2, -0.15) is 5.10 Å². The highest BCUT2D eigenvalue weighted by Crippen LogP contribution is 2.66. The Morgan fingerprint density at radius 2 is 1.97 bits per heavy atom. The molecule has 0 amide bonds. The minimum atomic E-state index is -0.180. The zero-order valence-corrected chi connectivity index (χ0v) is 18.4. The largest absolute Gasteiger partial charge is 0.393 e. The summed E-state index contributed by atoms with van der Waals surface area (Å²) in [6.07, 6.45) is 12.7. The minimum Gasteiger partial charge on any atom is -0.393 e. The summed E-state index contributed by atoms with van der Waals surface area (Å²) in [5, 5.41) is 14.6. The molecule has 1 aromatic rings. The van der Waals surface area contributed by atoms with Gasteiger partial charge in [-0.1, -0.05) is 13.8 Å². The minimum absolute atomic E-state index is 0.0937. The van der Waals surface area contributed by atoms with Crippen molar-refractivity contribution in [3.63, 3.8) is 0 Å². The highest BCUT2D eigenvalue weighted by molar-refractivity contribution is 6.06. The Hall–Kier alpha value is -1.42. The zero-order valence-electron chi connectivity index (χ0n) is 18.4. The molecule has 1 N–H and O–H groups in total. The molecule has 4 nitrogen and oxygen atoms in total. The van der Waals surface area contributed by atoms with E-state index in [1.165, 1.54) is 19.3 Å². The van der Waals surface area contributed by atoms with Crippen LogP contribution in [0, 0.1) is 41.4 Å². The SMILES string of the molecule is Cc1c(/C=C2/C[C@H]3[C@@H]4CC[C@@H]5C[C@H](O)CC[C@]5(C)[C@H]4CC[C@]3(C)C2=O)cnn1C. The van der Waals surface area contributed by atoms with Gasteiger partial charge in [-0.3, -0.25) is 9.48 Å². The Morgan fingerprint density at radius 1 is 1.17 bits per heavy atom. The second kappa shape index (κ2) is 6.54. The third kappa shape index (κ3) is 2.74. The van der Waals surface area contributed by atoms with Gasteiger partial charge in [0.25, 0.3) is 0 Å². The highest BCUT2D eigenvalue weighted by Gasteiger charge is 2.61. The number of nitrogens with zero attached hydrogens (tertiary/aromatic N) is 2. The molecule has 0 aliphatic heterocycles. The first-order chi connectivity index (χ1) is 13.7. The van der Waals surface area contributed by atoms with E-state index < -0.39 is 0 Å². The number of Topliss-reactive ketones (excluding diaryl/α,β-unsaturated/α-hetero) is 1. The Balaban J connectivity index is 1.46. The van der Waals surface area contributed by atoms with Crippen LogP contribution in [0.2, 0.25) is 0 Å². The van der Waals surface area contributed by atoms with Crippen LogP contribution in [-0.2, 0) is 11.8 Å². The molecule has 4 aliphatic rings. The molecule has 4 heteroatoms. The number of allylic oxidation sites excluding steroid dienone is 1. The maximum atomic E-state index is 13.5. The maximum Gasteiger partial charge on any atom is 0.165 e. The zero-order chi connectivity index (χ0) is 20.6. The van der Waals surface area contributed by atoms with Gasteiger partial charge in [-0.15, -0.1) is 0 Å². The molecule has 0 aromatic carbocycles. The molecule has 4 fully saturated rings. The van der Waals surface area contributed by atoms with Crippen LogP contribution >= 0.6 is 0 Å². The number of aryl methyl sites for hydroxylation is 1. The fraction of sp³-hybridized carbons (Fsp3) is 0.760. The average Bonchev–Trinajstić information content (AvgIpc) is 3.14. The van der Waals surface area contributed by atoms with Crippen LogP contribution in [-0.4, -0.2) is 26.8 Å². The number of aliphatic hydroxyl groups is 1. The van der Waals surface area contributed by atoms with E-state index in [2.05, 4.69) is 31.9 Å². The predicted molar refractivity (Wildman–Crippen MR) is 114 cm³/mol. The average molecular weight is 397 g/mol. The molecule has 158 valence electrons. The van der Waals surface area contributed by atoms with Gasteiger partial charge in [-0.05, 0) is 99.0 Å². The highest BCUT2D eigenvalue weighted by atomic mass is 16.3. The molecule has 0 spiro atoms. The first kappa shape index (κ1) is 19.5. The quantitative estimate of drug-likeness (QED) is 0.701. The number of aromatic nitrogens is 2. The summed E-state index contributed by atoms with van der Waals surface area (Å²) in [6.45, 7) is 6.84. The predicted octanol–water partition coefficient (Wildman–Crippen LogP) is 4.69. The smallest absolute Gasteiger partial charge is 0.165 e. The van der Waals surface area contributed by atoms with Crippen molar-refractivity contribution in [3.05, 3.63) is 23.0 Å². The van der Waals surface area contributed by atoms with E-state index in [1.807, 2.05) is 17.9 Å². The summed E-state index contributed by atoms with van der Waals surface area (Å²) in [7, 11) is 1.96. The van der Waals surface area contributed by atoms with E-state index in [1.54, 1.807) is 0 Å². The number of rotatable bonds is 1. The van der Waals surface area contributed by atoms with Crippen molar-refractivity contribution in [1.29, 1.82) is 0 Å². The second-order valence-electron chi connectivity index (χ2n) is 11.1. The number of carbonyl (C=O) groups excluding carboxylic acids is 1. The van der Waals surface area contributed by atoms with Gasteiger partial charge in [0.05, 0.1) is 12.3 Å². The summed E-state index contributed by atoms with van der Waals surface area (Å²) in [4.78, 5) is 13.5. The van der Waals surface area contributed by atoms with Gasteiger partial charge in [-0.25, -0.2) is 0 Å². The van der Waals surface area contributed by atoms with Gasteiger partial charge in [0.1, 0.15) is 0 Å². The molecule has 0 saturated heterocycles. The molecule has 0 radical (unpaired) electrons. The Bertz CT molecular complexity index is 870. The second-order valence-corrected chi connectivity index (χ2v) is 11.1. The standard InChI is InChI=1S/C25H36N2O2/c1-15-17(14-26-27(15)4)11-16-12-22-20-6-5-18-13-19(28)7-9-24(18,2)21(20)8-10-25(22,3)23(16)29/h11,14,18-22,28H,5-10,12-13H2,1-4H3/b16-11-/t18-,19-,20-,21+,22+,24+,25+/m1/s1. The first-order valence-corrected chi connectivity index (χ1v) is 11.7. The third-order valence-corrected chi connectivity index (χ3v) is 9.88. The molecule has 7 atom stereocenters. The number of hydrogen-bond donors (Lipinski definition) is 1. The molecule has 4 saturated carbocycles. The van der Waals surface area contributed by atoms with E-state index in [0.29, 0.717) is 29.0 Å². The van der Waals surface area contributed by atoms with Crippen molar-refractivity contribution < 1.29 is 9.90 Å². The van der Waals surface area contributed by atoms with Gasteiger partial charge < -0.3 is 5.11 Å². The van der Waals surface area contributed by atoms with E-state index in [-0.39, 0.29) is 11.5 Å². The molecule has 0 unspecified atom stereocenters. The maximum absolute atomic E-state index is 13.5. The molecule has 1 aromatic heterocycles. The van der Waals surface area contributed by atoms with E-state index in [9.17, 15) is 9.90 Å². The summed E-state index contributed by atoms with van der Waals surface area (Å²) in [5.41, 5.74) is 3.42. The Labute approximate surface area is 174 Å². The van der Waals surface area contributed by atoms with Crippen LogP contribution < -0.4 is 0 Å². The lowest BCUT2D eigenvalue weighted by Crippen LogP contribution is -2.54. The van der Waals surface area contributed by atoms with Crippen LogP contribution in [0.25, 0.3) is 6.08 Å². The van der Waals surface area contributed by atoms with Crippen LogP contribution in [0.5, 0.6) is 0 Å². The molecular weight excluding hydrogens is 360 g/mol. The summed E-state index contributed by atoms with van der Waals surface area (Å²) in [5.74, 6) is 2.94. The van der Waals surface area contributed by atoms with Crippen LogP contribution in [0.15, 0.2) is 11.8 Å². The number of hydrogen-bond acceptors (Lipinski definition) is 3. The molecular formula is C25H36N2O2. The molecule has 29 heavy (non-hydrogen) atoms. The van der Waals surface area contributed by atoms with E-state index in [4.69, 9.17) is 0 Å². The first-order valence-electron chi connectivity index (χ1n) is 11.7. The van der Waals surface area contributed by atoms with Crippen molar-refractivity contribution >= 4 is 11.9 Å². The summed E-state index contributed by atoms with van der Waals surface area (Å²) < 4.78 is 1.89. The Morgan fingerprint density at radius 3 is 2.69 bits per heavy atom. The summed E-state index contributed by atoms with van der Waals surface area (Å²) >= 11 is 0. The number of aliphatic hydroxyl groups excluding tert-OH is 1. The van der Waals surface area contributed by atoms with Gasteiger partial charge in [0.2, 0.25) is 0 Å². The Kier molecular flexibility index (Phi) is 4.40. The van der Waals surface area contributed by atoms with Crippen molar-refractivity contribution in [2.45, 2.75) is 78.2 Å². The lowest BCUT2D eigenvalue weighted by atomic mass is 9.45. The topological polar surface area (TPSA) is 55.1 Å².